The highest BCUT2D eigenvalue weighted by Gasteiger charge is 2.27. The van der Waals surface area contributed by atoms with Crippen LogP contribution in [0.4, 0.5) is 8.78 Å². The predicted molar refractivity (Wildman–Crippen MR) is 115 cm³/mol. The Kier molecular flexibility index (Phi) is 4.97. The predicted octanol–water partition coefficient (Wildman–Crippen LogP) is 5.67. The highest BCUT2D eigenvalue weighted by atomic mass is 19.3. The highest BCUT2D eigenvalue weighted by Crippen LogP contribution is 2.38. The minimum absolute atomic E-state index is 0.197. The van der Waals surface area contributed by atoms with Gasteiger partial charge in [0.15, 0.2) is 0 Å². The van der Waals surface area contributed by atoms with Gasteiger partial charge in [0.2, 0.25) is 0 Å². The topological polar surface area (TPSA) is 69.6 Å². The van der Waals surface area contributed by atoms with Crippen LogP contribution in [0.15, 0.2) is 71.8 Å². The Morgan fingerprint density at radius 3 is 2.16 bits per heavy atom. The summed E-state index contributed by atoms with van der Waals surface area (Å²) in [6.45, 7) is 0.915. The average Bonchev–Trinajstić information content (AvgIpc) is 3.35. The Morgan fingerprint density at radius 2 is 1.62 bits per heavy atom. The monoisotopic (exact) mass is 431 g/mol. The van der Waals surface area contributed by atoms with Crippen LogP contribution >= 0.6 is 0 Å². The maximum Gasteiger partial charge on any atom is 0.320 e. The minimum Gasteiger partial charge on any atom is -0.361 e. The van der Waals surface area contributed by atoms with E-state index in [9.17, 15) is 8.78 Å². The molecule has 6 nitrogen and oxygen atoms in total. The summed E-state index contributed by atoms with van der Waals surface area (Å²) in [4.78, 5) is 13.4. The maximum absolute atomic E-state index is 13.9. The largest absolute Gasteiger partial charge is 0.361 e. The lowest BCUT2D eigenvalue weighted by molar-refractivity contribution is 0.0745. The van der Waals surface area contributed by atoms with Crippen molar-refractivity contribution in [3.05, 3.63) is 95.7 Å². The first-order valence-corrected chi connectivity index (χ1v) is 10.1. The molecule has 0 aliphatic carbocycles. The van der Waals surface area contributed by atoms with Gasteiger partial charge in [0.25, 0.3) is 0 Å². The molecular weight excluding hydrogens is 412 g/mol. The maximum atomic E-state index is 13.9. The molecule has 5 aromatic heterocycles. The zero-order valence-corrected chi connectivity index (χ0v) is 17.4. The van der Waals surface area contributed by atoms with E-state index in [4.69, 9.17) is 4.52 Å². The van der Waals surface area contributed by atoms with Gasteiger partial charge >= 0.3 is 6.55 Å². The number of hydrogen-bond acceptors (Lipinski definition) is 5. The summed E-state index contributed by atoms with van der Waals surface area (Å²) in [6.07, 6.45) is 6.40. The number of rotatable bonds is 5. The Hall–Kier alpha value is -3.94. The zero-order chi connectivity index (χ0) is 22.2. The van der Waals surface area contributed by atoms with Crippen LogP contribution < -0.4 is 0 Å². The molecule has 0 N–H and O–H groups in total. The molecular formula is C24H19F2N5O. The number of aromatic nitrogens is 5. The molecule has 0 aliphatic heterocycles. The second-order valence-corrected chi connectivity index (χ2v) is 7.51. The molecule has 0 radical (unpaired) electrons. The standard InChI is InChI=1S/C24H19F2N5O/c1-14-21(15(2)32-30-14)16-11-17-18(13-31(24(25)26)23(17)29-12-16)22(19-7-3-5-9-27-19)20-8-4-6-10-28-20/h3-13,22,24H,1-2H3. The van der Waals surface area contributed by atoms with E-state index in [1.807, 2.05) is 56.3 Å². The van der Waals surface area contributed by atoms with E-state index in [-0.39, 0.29) is 5.65 Å². The molecule has 0 aromatic carbocycles. The van der Waals surface area contributed by atoms with Crippen molar-refractivity contribution in [2.45, 2.75) is 26.3 Å². The van der Waals surface area contributed by atoms with Gasteiger partial charge in [0, 0.05) is 41.3 Å². The summed E-state index contributed by atoms with van der Waals surface area (Å²) in [5.41, 5.74) is 4.54. The van der Waals surface area contributed by atoms with Crippen LogP contribution in [0.5, 0.6) is 0 Å². The Morgan fingerprint density at radius 1 is 0.938 bits per heavy atom. The first-order chi connectivity index (χ1) is 15.5. The second kappa shape index (κ2) is 7.96. The molecule has 0 aliphatic rings. The van der Waals surface area contributed by atoms with Gasteiger partial charge in [0.05, 0.1) is 23.0 Å². The molecule has 5 rings (SSSR count). The molecule has 160 valence electrons. The lowest BCUT2D eigenvalue weighted by Crippen LogP contribution is -2.07. The van der Waals surface area contributed by atoms with Gasteiger partial charge in [0.1, 0.15) is 11.4 Å². The zero-order valence-electron chi connectivity index (χ0n) is 17.4. The van der Waals surface area contributed by atoms with Crippen molar-refractivity contribution < 1.29 is 13.3 Å². The van der Waals surface area contributed by atoms with Crippen LogP contribution in [0.25, 0.3) is 22.2 Å². The molecule has 0 atom stereocenters. The molecule has 5 aromatic rings. The molecule has 0 saturated carbocycles. The first-order valence-electron chi connectivity index (χ1n) is 10.1. The lowest BCUT2D eigenvalue weighted by Gasteiger charge is -2.16. The molecule has 0 amide bonds. The first kappa shape index (κ1) is 20.0. The fourth-order valence-corrected chi connectivity index (χ4v) is 4.13. The molecule has 0 fully saturated rings. The third-order valence-electron chi connectivity index (χ3n) is 5.51. The van der Waals surface area contributed by atoms with Crippen molar-refractivity contribution in [3.63, 3.8) is 0 Å². The van der Waals surface area contributed by atoms with E-state index >= 15 is 0 Å². The van der Waals surface area contributed by atoms with Gasteiger partial charge in [-0.1, -0.05) is 17.3 Å². The number of alkyl halides is 2. The third-order valence-corrected chi connectivity index (χ3v) is 5.51. The molecule has 0 bridgehead atoms. The SMILES string of the molecule is Cc1noc(C)c1-c1cnc2c(c1)c(C(c1ccccn1)c1ccccn1)cn2C(F)F. The van der Waals surface area contributed by atoms with Crippen LogP contribution in [-0.4, -0.2) is 24.7 Å². The molecule has 0 spiro atoms. The van der Waals surface area contributed by atoms with Crippen molar-refractivity contribution in [1.29, 1.82) is 0 Å². The highest BCUT2D eigenvalue weighted by molar-refractivity contribution is 5.87. The summed E-state index contributed by atoms with van der Waals surface area (Å²) in [5.74, 6) is 0.200. The van der Waals surface area contributed by atoms with E-state index < -0.39 is 12.5 Å². The number of nitrogens with zero attached hydrogens (tertiary/aromatic N) is 5. The van der Waals surface area contributed by atoms with Crippen LogP contribution in [0.1, 0.15) is 40.9 Å². The van der Waals surface area contributed by atoms with E-state index in [0.717, 1.165) is 15.7 Å². The lowest BCUT2D eigenvalue weighted by atomic mass is 9.91. The molecule has 0 unspecified atom stereocenters. The van der Waals surface area contributed by atoms with Crippen LogP contribution in [-0.2, 0) is 0 Å². The number of fused-ring (bicyclic) bond motifs is 1. The van der Waals surface area contributed by atoms with Crippen molar-refractivity contribution in [2.75, 3.05) is 0 Å². The van der Waals surface area contributed by atoms with Gasteiger partial charge in [-0.2, -0.15) is 8.78 Å². The number of aryl methyl sites for hydroxylation is 2. The fraction of sp³-hybridized carbons (Fsp3) is 0.167. The number of halogens is 2. The van der Waals surface area contributed by atoms with Crippen LogP contribution in [0.2, 0.25) is 0 Å². The van der Waals surface area contributed by atoms with Gasteiger partial charge < -0.3 is 4.52 Å². The smallest absolute Gasteiger partial charge is 0.320 e. The molecule has 8 heteroatoms. The molecule has 32 heavy (non-hydrogen) atoms. The van der Waals surface area contributed by atoms with Crippen molar-refractivity contribution in [1.82, 2.24) is 24.7 Å². The van der Waals surface area contributed by atoms with Gasteiger partial charge in [-0.25, -0.2) is 4.98 Å². The summed E-state index contributed by atoms with van der Waals surface area (Å²) >= 11 is 0. The normalized spacial score (nSPS) is 11.7. The van der Waals surface area contributed by atoms with Crippen molar-refractivity contribution in [3.8, 4) is 11.1 Å². The van der Waals surface area contributed by atoms with Crippen molar-refractivity contribution in [2.24, 2.45) is 0 Å². The summed E-state index contributed by atoms with van der Waals surface area (Å²) in [6, 6.07) is 13.0. The fourth-order valence-electron chi connectivity index (χ4n) is 4.13. The quantitative estimate of drug-likeness (QED) is 0.358. The molecule has 5 heterocycles. The van der Waals surface area contributed by atoms with E-state index in [2.05, 4.69) is 20.1 Å². The van der Waals surface area contributed by atoms with E-state index in [1.54, 1.807) is 18.6 Å². The Balaban J connectivity index is 1.80. The van der Waals surface area contributed by atoms with Gasteiger partial charge in [-0.05, 0) is 49.7 Å². The third kappa shape index (κ3) is 3.33. The Bertz CT molecular complexity index is 1320. The Labute approximate surface area is 182 Å². The number of hydrogen-bond donors (Lipinski definition) is 0. The van der Waals surface area contributed by atoms with Crippen molar-refractivity contribution >= 4 is 11.0 Å². The van der Waals surface area contributed by atoms with E-state index in [0.29, 0.717) is 33.8 Å². The van der Waals surface area contributed by atoms with Gasteiger partial charge in [-0.3, -0.25) is 14.5 Å². The van der Waals surface area contributed by atoms with E-state index in [1.165, 1.54) is 6.20 Å². The average molecular weight is 431 g/mol. The van der Waals surface area contributed by atoms with Crippen LogP contribution in [0, 0.1) is 13.8 Å². The summed E-state index contributed by atoms with van der Waals surface area (Å²) in [5, 5.41) is 4.61. The van der Waals surface area contributed by atoms with Crippen LogP contribution in [0.3, 0.4) is 0 Å². The summed E-state index contributed by atoms with van der Waals surface area (Å²) < 4.78 is 34.1. The minimum atomic E-state index is -2.74. The summed E-state index contributed by atoms with van der Waals surface area (Å²) in [7, 11) is 0. The second-order valence-electron chi connectivity index (χ2n) is 7.51. The number of pyridine rings is 3. The molecule has 0 saturated heterocycles. The van der Waals surface area contributed by atoms with Gasteiger partial charge in [-0.15, -0.1) is 0 Å².